The lowest BCUT2D eigenvalue weighted by Gasteiger charge is -2.23. The average molecular weight is 256 g/mol. The van der Waals surface area contributed by atoms with Gasteiger partial charge in [0.1, 0.15) is 0 Å². The highest BCUT2D eigenvalue weighted by molar-refractivity contribution is 7.09. The maximum absolute atomic E-state index is 5.14. The summed E-state index contributed by atoms with van der Waals surface area (Å²) in [5.41, 5.74) is 0. The first-order valence-corrected chi connectivity index (χ1v) is 7.04. The van der Waals surface area contributed by atoms with E-state index in [4.69, 9.17) is 4.74 Å². The van der Waals surface area contributed by atoms with Crippen molar-refractivity contribution in [3.8, 4) is 0 Å². The molecule has 0 saturated carbocycles. The van der Waals surface area contributed by atoms with Gasteiger partial charge in [-0.05, 0) is 31.8 Å². The third kappa shape index (κ3) is 6.17. The van der Waals surface area contributed by atoms with Gasteiger partial charge in [0.2, 0.25) is 0 Å². The highest BCUT2D eigenvalue weighted by atomic mass is 32.1. The van der Waals surface area contributed by atoms with E-state index in [9.17, 15) is 0 Å². The molecule has 1 rings (SSSR count). The Morgan fingerprint density at radius 2 is 2.29 bits per heavy atom. The highest BCUT2D eigenvalue weighted by Crippen LogP contribution is 2.07. The second-order valence-corrected chi connectivity index (χ2v) is 5.40. The first-order valence-electron chi connectivity index (χ1n) is 6.16. The van der Waals surface area contributed by atoms with Crippen LogP contribution in [-0.4, -0.2) is 51.3 Å². The van der Waals surface area contributed by atoms with E-state index < -0.39 is 0 Å². The molecule has 3 nitrogen and oxygen atoms in total. The van der Waals surface area contributed by atoms with Crippen LogP contribution in [0.5, 0.6) is 0 Å². The zero-order valence-electron chi connectivity index (χ0n) is 11.1. The van der Waals surface area contributed by atoms with Gasteiger partial charge in [0.25, 0.3) is 0 Å². The SMILES string of the molecule is COCC(C)N(C)CCNCCc1cccs1. The number of thiophene rings is 1. The van der Waals surface area contributed by atoms with E-state index in [-0.39, 0.29) is 0 Å². The number of likely N-dealkylation sites (N-methyl/N-ethyl adjacent to an activating group) is 1. The summed E-state index contributed by atoms with van der Waals surface area (Å²) in [6.45, 7) is 6.15. The van der Waals surface area contributed by atoms with E-state index in [1.54, 1.807) is 7.11 Å². The smallest absolute Gasteiger partial charge is 0.0615 e. The highest BCUT2D eigenvalue weighted by Gasteiger charge is 2.07. The molecule has 0 aliphatic heterocycles. The van der Waals surface area contributed by atoms with Crippen LogP contribution in [0.3, 0.4) is 0 Å². The normalized spacial score (nSPS) is 13.2. The van der Waals surface area contributed by atoms with Gasteiger partial charge in [-0.25, -0.2) is 0 Å². The fourth-order valence-electron chi connectivity index (χ4n) is 1.64. The first kappa shape index (κ1) is 14.6. The molecule has 1 unspecified atom stereocenters. The quantitative estimate of drug-likeness (QED) is 0.682. The minimum Gasteiger partial charge on any atom is -0.383 e. The molecule has 0 radical (unpaired) electrons. The van der Waals surface area contributed by atoms with Crippen molar-refractivity contribution in [2.45, 2.75) is 19.4 Å². The maximum Gasteiger partial charge on any atom is 0.0615 e. The minimum absolute atomic E-state index is 0.485. The predicted octanol–water partition coefficient (Wildman–Crippen LogP) is 1.85. The molecule has 0 bridgehead atoms. The molecule has 0 aliphatic rings. The predicted molar refractivity (Wildman–Crippen MR) is 74.9 cm³/mol. The summed E-state index contributed by atoms with van der Waals surface area (Å²) < 4.78 is 5.14. The number of nitrogens with one attached hydrogen (secondary N) is 1. The third-order valence-corrected chi connectivity index (χ3v) is 3.87. The van der Waals surface area contributed by atoms with E-state index in [2.05, 4.69) is 41.7 Å². The van der Waals surface area contributed by atoms with Gasteiger partial charge in [0.15, 0.2) is 0 Å². The van der Waals surface area contributed by atoms with Crippen molar-refractivity contribution in [1.29, 1.82) is 0 Å². The van der Waals surface area contributed by atoms with Crippen molar-refractivity contribution in [3.05, 3.63) is 22.4 Å². The molecule has 0 saturated heterocycles. The summed E-state index contributed by atoms with van der Waals surface area (Å²) in [5.74, 6) is 0. The molecule has 1 N–H and O–H groups in total. The number of hydrogen-bond acceptors (Lipinski definition) is 4. The summed E-state index contributed by atoms with van der Waals surface area (Å²) >= 11 is 1.83. The van der Waals surface area contributed by atoms with Crippen molar-refractivity contribution in [1.82, 2.24) is 10.2 Å². The maximum atomic E-state index is 5.14. The summed E-state index contributed by atoms with van der Waals surface area (Å²) in [7, 11) is 3.90. The van der Waals surface area contributed by atoms with Crippen LogP contribution >= 0.6 is 11.3 Å². The number of nitrogens with zero attached hydrogens (tertiary/aromatic N) is 1. The van der Waals surface area contributed by atoms with Gasteiger partial charge in [0.05, 0.1) is 6.61 Å². The zero-order valence-corrected chi connectivity index (χ0v) is 11.9. The van der Waals surface area contributed by atoms with Crippen molar-refractivity contribution in [2.75, 3.05) is 40.4 Å². The molecule has 0 aliphatic carbocycles. The topological polar surface area (TPSA) is 24.5 Å². The van der Waals surface area contributed by atoms with Crippen LogP contribution in [0.2, 0.25) is 0 Å². The molecule has 0 amide bonds. The number of methoxy groups -OCH3 is 1. The molecule has 0 fully saturated rings. The molecule has 4 heteroatoms. The van der Waals surface area contributed by atoms with Gasteiger partial charge >= 0.3 is 0 Å². The van der Waals surface area contributed by atoms with Gasteiger partial charge in [-0.2, -0.15) is 0 Å². The van der Waals surface area contributed by atoms with Gasteiger partial charge in [-0.3, -0.25) is 0 Å². The van der Waals surface area contributed by atoms with E-state index in [0.29, 0.717) is 6.04 Å². The molecular weight excluding hydrogens is 232 g/mol. The Bertz CT molecular complexity index is 277. The number of ether oxygens (including phenoxy) is 1. The Hall–Kier alpha value is -0.420. The van der Waals surface area contributed by atoms with Crippen molar-refractivity contribution < 1.29 is 4.74 Å². The van der Waals surface area contributed by atoms with Crippen LogP contribution in [0.1, 0.15) is 11.8 Å². The van der Waals surface area contributed by atoms with E-state index >= 15 is 0 Å². The summed E-state index contributed by atoms with van der Waals surface area (Å²) in [5, 5.41) is 5.61. The van der Waals surface area contributed by atoms with Crippen LogP contribution in [0.25, 0.3) is 0 Å². The summed E-state index contributed by atoms with van der Waals surface area (Å²) in [6, 6.07) is 4.79. The van der Waals surface area contributed by atoms with Crippen LogP contribution in [0.4, 0.5) is 0 Å². The number of rotatable bonds is 9. The Balaban J connectivity index is 2.00. The van der Waals surface area contributed by atoms with E-state index in [1.807, 2.05) is 11.3 Å². The summed E-state index contributed by atoms with van der Waals surface area (Å²) in [4.78, 5) is 3.78. The molecule has 0 spiro atoms. The molecule has 1 aromatic rings. The summed E-state index contributed by atoms with van der Waals surface area (Å²) in [6.07, 6.45) is 1.13. The largest absolute Gasteiger partial charge is 0.383 e. The van der Waals surface area contributed by atoms with Crippen LogP contribution in [0.15, 0.2) is 17.5 Å². The lowest BCUT2D eigenvalue weighted by atomic mass is 10.3. The van der Waals surface area contributed by atoms with Crippen molar-refractivity contribution >= 4 is 11.3 Å². The molecule has 98 valence electrons. The third-order valence-electron chi connectivity index (χ3n) is 2.93. The first-order chi connectivity index (χ1) is 8.24. The van der Waals surface area contributed by atoms with Crippen LogP contribution in [0, 0.1) is 0 Å². The average Bonchev–Trinajstić information content (AvgIpc) is 2.81. The van der Waals surface area contributed by atoms with Crippen molar-refractivity contribution in [3.63, 3.8) is 0 Å². The monoisotopic (exact) mass is 256 g/mol. The fourth-order valence-corrected chi connectivity index (χ4v) is 2.34. The molecule has 1 aromatic heterocycles. The fraction of sp³-hybridized carbons (Fsp3) is 0.692. The zero-order chi connectivity index (χ0) is 12.5. The van der Waals surface area contributed by atoms with E-state index in [1.165, 1.54) is 4.88 Å². The Morgan fingerprint density at radius 3 is 2.94 bits per heavy atom. The van der Waals surface area contributed by atoms with Gasteiger partial charge < -0.3 is 15.0 Å². The second kappa shape index (κ2) is 8.64. The van der Waals surface area contributed by atoms with Crippen molar-refractivity contribution in [2.24, 2.45) is 0 Å². The van der Waals surface area contributed by atoms with Gasteiger partial charge in [0, 0.05) is 37.7 Å². The minimum atomic E-state index is 0.485. The Morgan fingerprint density at radius 1 is 1.47 bits per heavy atom. The molecule has 17 heavy (non-hydrogen) atoms. The lowest BCUT2D eigenvalue weighted by Crippen LogP contribution is -2.38. The molecule has 0 aromatic carbocycles. The second-order valence-electron chi connectivity index (χ2n) is 4.36. The van der Waals surface area contributed by atoms with Crippen LogP contribution < -0.4 is 5.32 Å². The van der Waals surface area contributed by atoms with Gasteiger partial charge in [-0.15, -0.1) is 11.3 Å². The van der Waals surface area contributed by atoms with E-state index in [0.717, 1.165) is 32.7 Å². The Labute approximate surface area is 109 Å². The Kier molecular flexibility index (Phi) is 7.44. The molecular formula is C13H24N2OS. The standard InChI is InChI=1S/C13H24N2OS/c1-12(11-16-3)15(2)9-8-14-7-6-13-5-4-10-17-13/h4-5,10,12,14H,6-9,11H2,1-3H3. The van der Waals surface area contributed by atoms with Gasteiger partial charge in [-0.1, -0.05) is 6.07 Å². The molecule has 1 heterocycles. The lowest BCUT2D eigenvalue weighted by molar-refractivity contribution is 0.116. The van der Waals surface area contributed by atoms with Crippen LogP contribution in [-0.2, 0) is 11.2 Å². The molecule has 1 atom stereocenters. The number of hydrogen-bond donors (Lipinski definition) is 1.